The van der Waals surface area contributed by atoms with E-state index in [1.54, 1.807) is 38.4 Å². The van der Waals surface area contributed by atoms with Crippen LogP contribution in [0.1, 0.15) is 0 Å². The van der Waals surface area contributed by atoms with Gasteiger partial charge in [-0.1, -0.05) is 48.5 Å². The lowest BCUT2D eigenvalue weighted by Gasteiger charge is -2.22. The van der Waals surface area contributed by atoms with Crippen LogP contribution < -0.4 is 9.04 Å². The van der Waals surface area contributed by atoms with Gasteiger partial charge in [-0.05, 0) is 35.9 Å². The number of ether oxygens (including phenoxy) is 1. The lowest BCUT2D eigenvalue weighted by Crippen LogP contribution is -2.27. The second-order valence-electron chi connectivity index (χ2n) is 5.53. The monoisotopic (exact) mass is 353 g/mol. The van der Waals surface area contributed by atoms with E-state index in [1.807, 2.05) is 54.6 Å². The van der Waals surface area contributed by atoms with E-state index in [0.29, 0.717) is 11.4 Å². The van der Waals surface area contributed by atoms with Crippen molar-refractivity contribution < 1.29 is 13.2 Å². The summed E-state index contributed by atoms with van der Waals surface area (Å²) >= 11 is 0. The molecule has 0 saturated carbocycles. The summed E-state index contributed by atoms with van der Waals surface area (Å²) in [6.45, 7) is 0. The SMILES string of the molecule is COc1ccc(S(=O)(=O)N(C)c2ccccc2-c2ccccc2)cc1. The minimum atomic E-state index is -3.67. The zero-order valence-corrected chi connectivity index (χ0v) is 14.9. The Balaban J connectivity index is 2.04. The Kier molecular flexibility index (Phi) is 4.76. The molecule has 0 heterocycles. The topological polar surface area (TPSA) is 46.6 Å². The first-order chi connectivity index (χ1) is 12.0. The smallest absolute Gasteiger partial charge is 0.264 e. The van der Waals surface area contributed by atoms with Gasteiger partial charge in [-0.3, -0.25) is 4.31 Å². The predicted molar refractivity (Wildman–Crippen MR) is 100 cm³/mol. The molecule has 0 unspecified atom stereocenters. The van der Waals surface area contributed by atoms with Crippen molar-refractivity contribution in [1.29, 1.82) is 0 Å². The molecule has 0 aromatic heterocycles. The van der Waals surface area contributed by atoms with Gasteiger partial charge in [-0.25, -0.2) is 8.42 Å². The second-order valence-corrected chi connectivity index (χ2v) is 7.50. The third-order valence-corrected chi connectivity index (χ3v) is 5.83. The summed E-state index contributed by atoms with van der Waals surface area (Å²) in [5.74, 6) is 0.617. The van der Waals surface area contributed by atoms with Crippen molar-refractivity contribution in [2.75, 3.05) is 18.5 Å². The van der Waals surface area contributed by atoms with Crippen molar-refractivity contribution >= 4 is 15.7 Å². The zero-order chi connectivity index (χ0) is 17.9. The Morgan fingerprint density at radius 1 is 0.800 bits per heavy atom. The Hall–Kier alpha value is -2.79. The molecule has 3 rings (SSSR count). The average molecular weight is 353 g/mol. The van der Waals surface area contributed by atoms with Gasteiger partial charge in [0, 0.05) is 12.6 Å². The quantitative estimate of drug-likeness (QED) is 0.691. The number of nitrogens with zero attached hydrogens (tertiary/aromatic N) is 1. The van der Waals surface area contributed by atoms with Gasteiger partial charge in [0.1, 0.15) is 5.75 Å². The normalized spacial score (nSPS) is 11.1. The molecule has 128 valence electrons. The molecule has 0 fully saturated rings. The summed E-state index contributed by atoms with van der Waals surface area (Å²) < 4.78 is 32.4. The molecule has 3 aromatic carbocycles. The van der Waals surface area contributed by atoms with E-state index in [-0.39, 0.29) is 4.90 Å². The van der Waals surface area contributed by atoms with E-state index < -0.39 is 10.0 Å². The van der Waals surface area contributed by atoms with Crippen molar-refractivity contribution in [2.45, 2.75) is 4.90 Å². The molecule has 0 aliphatic carbocycles. The van der Waals surface area contributed by atoms with Gasteiger partial charge in [0.25, 0.3) is 10.0 Å². The second kappa shape index (κ2) is 6.99. The minimum absolute atomic E-state index is 0.221. The molecule has 0 atom stereocenters. The fourth-order valence-electron chi connectivity index (χ4n) is 2.65. The number of hydrogen-bond donors (Lipinski definition) is 0. The lowest BCUT2D eigenvalue weighted by molar-refractivity contribution is 0.414. The fraction of sp³-hybridized carbons (Fsp3) is 0.100. The molecule has 25 heavy (non-hydrogen) atoms. The standard InChI is InChI=1S/C20H19NO3S/c1-21(25(22,23)18-14-12-17(24-2)13-15-18)20-11-7-6-10-19(20)16-8-4-3-5-9-16/h3-15H,1-2H3. The summed E-state index contributed by atoms with van der Waals surface area (Å²) in [6, 6.07) is 23.6. The molecule has 0 spiro atoms. The first-order valence-electron chi connectivity index (χ1n) is 7.81. The molecular formula is C20H19NO3S. The van der Waals surface area contributed by atoms with Crippen LogP contribution in [0.15, 0.2) is 83.8 Å². The zero-order valence-electron chi connectivity index (χ0n) is 14.1. The highest BCUT2D eigenvalue weighted by atomic mass is 32.2. The molecule has 0 radical (unpaired) electrons. The average Bonchev–Trinajstić information content (AvgIpc) is 2.68. The van der Waals surface area contributed by atoms with Crippen molar-refractivity contribution in [3.05, 3.63) is 78.9 Å². The van der Waals surface area contributed by atoms with Crippen LogP contribution in [0.5, 0.6) is 5.75 Å². The fourth-order valence-corrected chi connectivity index (χ4v) is 3.86. The molecule has 5 heteroatoms. The molecule has 3 aromatic rings. The summed E-state index contributed by atoms with van der Waals surface area (Å²) in [6.07, 6.45) is 0. The van der Waals surface area contributed by atoms with Gasteiger partial charge < -0.3 is 4.74 Å². The third-order valence-electron chi connectivity index (χ3n) is 4.05. The van der Waals surface area contributed by atoms with Gasteiger partial charge in [0.2, 0.25) is 0 Å². The maximum absolute atomic E-state index is 13.0. The number of methoxy groups -OCH3 is 1. The number of anilines is 1. The first kappa shape index (κ1) is 17.0. The van der Waals surface area contributed by atoms with Gasteiger partial charge in [-0.2, -0.15) is 0 Å². The van der Waals surface area contributed by atoms with Crippen LogP contribution in [0.3, 0.4) is 0 Å². The van der Waals surface area contributed by atoms with Gasteiger partial charge in [0.05, 0.1) is 17.7 Å². The van der Waals surface area contributed by atoms with Gasteiger partial charge in [0.15, 0.2) is 0 Å². The summed E-state index contributed by atoms with van der Waals surface area (Å²) in [5.41, 5.74) is 2.46. The summed E-state index contributed by atoms with van der Waals surface area (Å²) in [4.78, 5) is 0.221. The van der Waals surface area contributed by atoms with Gasteiger partial charge in [-0.15, -0.1) is 0 Å². The minimum Gasteiger partial charge on any atom is -0.497 e. The molecule has 0 N–H and O–H groups in total. The molecular weight excluding hydrogens is 334 g/mol. The Bertz CT molecular complexity index is 952. The molecule has 0 amide bonds. The van der Waals surface area contributed by atoms with Crippen molar-refractivity contribution in [3.8, 4) is 16.9 Å². The molecule has 4 nitrogen and oxygen atoms in total. The van der Waals surface area contributed by atoms with E-state index in [1.165, 1.54) is 4.31 Å². The number of para-hydroxylation sites is 1. The van der Waals surface area contributed by atoms with E-state index in [2.05, 4.69) is 0 Å². The predicted octanol–water partition coefficient (Wildman–Crippen LogP) is 4.19. The van der Waals surface area contributed by atoms with E-state index in [4.69, 9.17) is 4.74 Å². The van der Waals surface area contributed by atoms with Crippen LogP contribution in [0.4, 0.5) is 5.69 Å². The van der Waals surface area contributed by atoms with Gasteiger partial charge >= 0.3 is 0 Å². The van der Waals surface area contributed by atoms with E-state index >= 15 is 0 Å². The van der Waals surface area contributed by atoms with Crippen molar-refractivity contribution in [3.63, 3.8) is 0 Å². The molecule has 0 saturated heterocycles. The van der Waals surface area contributed by atoms with Crippen LogP contribution in [0, 0.1) is 0 Å². The Labute approximate surface area is 148 Å². The molecule has 0 bridgehead atoms. The van der Waals surface area contributed by atoms with Crippen LogP contribution in [0.2, 0.25) is 0 Å². The Morgan fingerprint density at radius 2 is 1.40 bits per heavy atom. The van der Waals surface area contributed by atoms with Crippen molar-refractivity contribution in [2.24, 2.45) is 0 Å². The third kappa shape index (κ3) is 3.37. The number of hydrogen-bond acceptors (Lipinski definition) is 3. The Morgan fingerprint density at radius 3 is 2.04 bits per heavy atom. The highest BCUT2D eigenvalue weighted by molar-refractivity contribution is 7.92. The number of benzene rings is 3. The van der Waals surface area contributed by atoms with Crippen molar-refractivity contribution in [1.82, 2.24) is 0 Å². The van der Waals surface area contributed by atoms with Crippen LogP contribution in [-0.4, -0.2) is 22.6 Å². The molecule has 0 aliphatic heterocycles. The van der Waals surface area contributed by atoms with Crippen LogP contribution in [0.25, 0.3) is 11.1 Å². The van der Waals surface area contributed by atoms with E-state index in [9.17, 15) is 8.42 Å². The summed E-state index contributed by atoms with van der Waals surface area (Å²) in [5, 5.41) is 0. The maximum Gasteiger partial charge on any atom is 0.264 e. The molecule has 0 aliphatic rings. The largest absolute Gasteiger partial charge is 0.497 e. The number of rotatable bonds is 5. The highest BCUT2D eigenvalue weighted by Gasteiger charge is 2.23. The summed E-state index contributed by atoms with van der Waals surface area (Å²) in [7, 11) is -0.552. The van der Waals surface area contributed by atoms with E-state index in [0.717, 1.165) is 11.1 Å². The van der Waals surface area contributed by atoms with Crippen LogP contribution in [-0.2, 0) is 10.0 Å². The number of sulfonamides is 1. The maximum atomic E-state index is 13.0. The van der Waals surface area contributed by atoms with Crippen LogP contribution >= 0.6 is 0 Å². The first-order valence-corrected chi connectivity index (χ1v) is 9.25. The highest BCUT2D eigenvalue weighted by Crippen LogP contribution is 2.33. The lowest BCUT2D eigenvalue weighted by atomic mass is 10.0.